The van der Waals surface area contributed by atoms with Crippen LogP contribution in [0, 0.1) is 11.6 Å². The highest BCUT2D eigenvalue weighted by Crippen LogP contribution is 2.14. The number of hydrogen-bond donors (Lipinski definition) is 2. The summed E-state index contributed by atoms with van der Waals surface area (Å²) in [4.78, 5) is 11.8. The Hall–Kier alpha value is -2.27. The molecule has 2 aromatic carbocycles. The molecule has 2 rings (SSSR count). The number of rotatable bonds is 3. The zero-order chi connectivity index (χ0) is 13.8. The molecule has 0 aliphatic rings. The number of amides is 1. The fourth-order valence-electron chi connectivity index (χ4n) is 1.57. The average molecular weight is 263 g/mol. The van der Waals surface area contributed by atoms with E-state index < -0.39 is 17.5 Å². The van der Waals surface area contributed by atoms with Gasteiger partial charge in [0.25, 0.3) is 5.91 Å². The summed E-state index contributed by atoms with van der Waals surface area (Å²) in [6.07, 6.45) is 0. The predicted octanol–water partition coefficient (Wildman–Crippen LogP) is 2.71. The summed E-state index contributed by atoms with van der Waals surface area (Å²) in [5, 5.41) is 11.4. The van der Waals surface area contributed by atoms with Crippen LogP contribution in [0.2, 0.25) is 0 Å². The van der Waals surface area contributed by atoms with Crippen molar-refractivity contribution < 1.29 is 18.7 Å². The van der Waals surface area contributed by atoms with Crippen molar-refractivity contribution in [2.75, 3.05) is 5.32 Å². The van der Waals surface area contributed by atoms with Crippen LogP contribution in [0.4, 0.5) is 14.5 Å². The largest absolute Gasteiger partial charge is 0.392 e. The number of carbonyl (C=O) groups excluding carboxylic acids is 1. The van der Waals surface area contributed by atoms with E-state index in [2.05, 4.69) is 5.32 Å². The van der Waals surface area contributed by atoms with E-state index in [1.54, 1.807) is 24.3 Å². The molecule has 0 aliphatic carbocycles. The molecule has 0 aliphatic heterocycles. The Bertz CT molecular complexity index is 597. The van der Waals surface area contributed by atoms with E-state index in [0.717, 1.165) is 12.1 Å². The van der Waals surface area contributed by atoms with E-state index in [4.69, 9.17) is 5.11 Å². The number of aliphatic hydroxyl groups is 1. The summed E-state index contributed by atoms with van der Waals surface area (Å²) in [5.74, 6) is -2.31. The Labute approximate surface area is 108 Å². The average Bonchev–Trinajstić information content (AvgIpc) is 2.39. The van der Waals surface area contributed by atoms with E-state index in [0.29, 0.717) is 17.3 Å². The molecule has 0 saturated carbocycles. The van der Waals surface area contributed by atoms with Gasteiger partial charge in [0.05, 0.1) is 12.2 Å². The van der Waals surface area contributed by atoms with Crippen LogP contribution in [0.3, 0.4) is 0 Å². The second-order valence-electron chi connectivity index (χ2n) is 3.93. The van der Waals surface area contributed by atoms with Crippen molar-refractivity contribution >= 4 is 11.6 Å². The lowest BCUT2D eigenvalue weighted by atomic mass is 10.1. The lowest BCUT2D eigenvalue weighted by molar-refractivity contribution is 0.102. The van der Waals surface area contributed by atoms with Gasteiger partial charge in [-0.25, -0.2) is 8.78 Å². The second kappa shape index (κ2) is 5.58. The highest BCUT2D eigenvalue weighted by molar-refractivity contribution is 6.04. The van der Waals surface area contributed by atoms with Crippen molar-refractivity contribution in [2.45, 2.75) is 6.61 Å². The van der Waals surface area contributed by atoms with Crippen LogP contribution in [0.5, 0.6) is 0 Å². The number of benzene rings is 2. The van der Waals surface area contributed by atoms with Crippen LogP contribution >= 0.6 is 0 Å². The maximum atomic E-state index is 13.4. The third kappa shape index (κ3) is 3.14. The zero-order valence-corrected chi connectivity index (χ0v) is 9.86. The van der Waals surface area contributed by atoms with E-state index in [1.165, 1.54) is 0 Å². The van der Waals surface area contributed by atoms with E-state index in [1.807, 2.05) is 0 Å². The lowest BCUT2D eigenvalue weighted by Crippen LogP contribution is -2.13. The number of halogens is 2. The molecule has 0 spiro atoms. The van der Waals surface area contributed by atoms with Gasteiger partial charge in [-0.15, -0.1) is 0 Å². The minimum Gasteiger partial charge on any atom is -0.392 e. The molecule has 3 nitrogen and oxygen atoms in total. The van der Waals surface area contributed by atoms with Gasteiger partial charge in [-0.2, -0.15) is 0 Å². The first-order valence-corrected chi connectivity index (χ1v) is 5.56. The van der Waals surface area contributed by atoms with Crippen LogP contribution in [0.15, 0.2) is 42.5 Å². The number of hydrogen-bond acceptors (Lipinski definition) is 2. The van der Waals surface area contributed by atoms with Gasteiger partial charge in [0, 0.05) is 11.8 Å². The second-order valence-corrected chi connectivity index (χ2v) is 3.93. The number of nitrogens with one attached hydrogen (secondary N) is 1. The van der Waals surface area contributed by atoms with Gasteiger partial charge in [-0.1, -0.05) is 12.1 Å². The van der Waals surface area contributed by atoms with Crippen LogP contribution in [0.1, 0.15) is 15.9 Å². The van der Waals surface area contributed by atoms with Crippen molar-refractivity contribution in [3.63, 3.8) is 0 Å². The molecule has 5 heteroatoms. The van der Waals surface area contributed by atoms with Crippen molar-refractivity contribution in [1.29, 1.82) is 0 Å². The molecule has 0 aromatic heterocycles. The predicted molar refractivity (Wildman–Crippen MR) is 66.7 cm³/mol. The number of aliphatic hydroxyl groups excluding tert-OH is 1. The van der Waals surface area contributed by atoms with E-state index in [9.17, 15) is 13.6 Å². The van der Waals surface area contributed by atoms with Gasteiger partial charge in [0.1, 0.15) is 11.6 Å². The van der Waals surface area contributed by atoms with Gasteiger partial charge < -0.3 is 10.4 Å². The molecule has 2 aromatic rings. The zero-order valence-electron chi connectivity index (χ0n) is 9.86. The number of carbonyl (C=O) groups is 1. The van der Waals surface area contributed by atoms with E-state index in [-0.39, 0.29) is 12.2 Å². The SMILES string of the molecule is O=C(Nc1ccc(CO)cc1)c1ccc(F)cc1F. The Morgan fingerprint density at radius 2 is 1.79 bits per heavy atom. The monoisotopic (exact) mass is 263 g/mol. The Kier molecular flexibility index (Phi) is 3.87. The highest BCUT2D eigenvalue weighted by atomic mass is 19.1. The lowest BCUT2D eigenvalue weighted by Gasteiger charge is -2.06. The molecular weight excluding hydrogens is 252 g/mol. The standard InChI is InChI=1S/C14H11F2NO2/c15-10-3-6-12(13(16)7-10)14(19)17-11-4-1-9(8-18)2-5-11/h1-7,18H,8H2,(H,17,19). The molecule has 0 heterocycles. The van der Waals surface area contributed by atoms with E-state index >= 15 is 0 Å². The molecule has 19 heavy (non-hydrogen) atoms. The van der Waals surface area contributed by atoms with Crippen molar-refractivity contribution in [2.24, 2.45) is 0 Å². The normalized spacial score (nSPS) is 10.3. The van der Waals surface area contributed by atoms with Crippen molar-refractivity contribution in [1.82, 2.24) is 0 Å². The summed E-state index contributed by atoms with van der Waals surface area (Å²) in [6, 6.07) is 9.21. The van der Waals surface area contributed by atoms with Crippen LogP contribution in [-0.4, -0.2) is 11.0 Å². The topological polar surface area (TPSA) is 49.3 Å². The first-order valence-electron chi connectivity index (χ1n) is 5.56. The summed E-state index contributed by atoms with van der Waals surface area (Å²) in [7, 11) is 0. The van der Waals surface area contributed by atoms with Crippen LogP contribution in [0.25, 0.3) is 0 Å². The minimum atomic E-state index is -0.913. The maximum Gasteiger partial charge on any atom is 0.258 e. The van der Waals surface area contributed by atoms with Gasteiger partial charge in [0.2, 0.25) is 0 Å². The summed E-state index contributed by atoms with van der Waals surface area (Å²) in [5.41, 5.74) is 0.935. The van der Waals surface area contributed by atoms with Gasteiger partial charge in [0.15, 0.2) is 0 Å². The van der Waals surface area contributed by atoms with Crippen molar-refractivity contribution in [3.05, 3.63) is 65.2 Å². The highest BCUT2D eigenvalue weighted by Gasteiger charge is 2.12. The summed E-state index contributed by atoms with van der Waals surface area (Å²) < 4.78 is 26.1. The van der Waals surface area contributed by atoms with Gasteiger partial charge in [-0.3, -0.25) is 4.79 Å². The molecule has 0 fully saturated rings. The smallest absolute Gasteiger partial charge is 0.258 e. The van der Waals surface area contributed by atoms with Gasteiger partial charge in [-0.05, 0) is 29.8 Å². The summed E-state index contributed by atoms with van der Waals surface area (Å²) in [6.45, 7) is -0.0964. The van der Waals surface area contributed by atoms with Crippen LogP contribution < -0.4 is 5.32 Å². The molecular formula is C14H11F2NO2. The maximum absolute atomic E-state index is 13.4. The molecule has 2 N–H and O–H groups in total. The Balaban J connectivity index is 2.15. The minimum absolute atomic E-state index is 0.0964. The molecule has 0 bridgehead atoms. The molecule has 0 atom stereocenters. The quantitative estimate of drug-likeness (QED) is 0.894. The Morgan fingerprint density at radius 1 is 1.11 bits per heavy atom. The third-order valence-electron chi connectivity index (χ3n) is 2.57. The molecule has 0 unspecified atom stereocenters. The Morgan fingerprint density at radius 3 is 2.37 bits per heavy atom. The number of anilines is 1. The molecule has 1 amide bonds. The molecule has 0 radical (unpaired) electrons. The first kappa shape index (κ1) is 13.2. The third-order valence-corrected chi connectivity index (χ3v) is 2.57. The molecule has 0 saturated heterocycles. The fraction of sp³-hybridized carbons (Fsp3) is 0.0714. The van der Waals surface area contributed by atoms with Crippen LogP contribution in [-0.2, 0) is 6.61 Å². The first-order chi connectivity index (χ1) is 9.10. The molecule has 98 valence electrons. The van der Waals surface area contributed by atoms with Crippen molar-refractivity contribution in [3.8, 4) is 0 Å². The summed E-state index contributed by atoms with van der Waals surface area (Å²) >= 11 is 0. The van der Waals surface area contributed by atoms with Gasteiger partial charge >= 0.3 is 0 Å². The fourth-order valence-corrected chi connectivity index (χ4v) is 1.57.